The van der Waals surface area contributed by atoms with Crippen LogP contribution in [-0.4, -0.2) is 23.1 Å². The minimum atomic E-state index is -1.58. The Labute approximate surface area is 122 Å². The van der Waals surface area contributed by atoms with Gasteiger partial charge < -0.3 is 15.4 Å². The fourth-order valence-corrected chi connectivity index (χ4v) is 1.85. The van der Waals surface area contributed by atoms with Crippen molar-refractivity contribution in [3.63, 3.8) is 0 Å². The Balaban J connectivity index is 2.01. The molecule has 0 heterocycles. The number of rotatable bonds is 4. The van der Waals surface area contributed by atoms with Crippen LogP contribution in [0.3, 0.4) is 0 Å². The standard InChI is InChI=1S/C14H13BClNO3/c16-13-6-4-10(5-7-13)9-17-14(18)11-2-1-3-12(8-11)15(19)20/h1-8,19-20H,9H2,(H,17,18). The first kappa shape index (κ1) is 14.6. The second kappa shape index (κ2) is 6.57. The van der Waals surface area contributed by atoms with E-state index in [1.165, 1.54) is 6.07 Å². The molecule has 0 saturated carbocycles. The summed E-state index contributed by atoms with van der Waals surface area (Å²) in [6.07, 6.45) is 0. The highest BCUT2D eigenvalue weighted by Gasteiger charge is 2.13. The molecule has 2 aromatic rings. The topological polar surface area (TPSA) is 69.6 Å². The molecule has 0 aliphatic rings. The van der Waals surface area contributed by atoms with E-state index in [1.54, 1.807) is 30.3 Å². The molecule has 0 unspecified atom stereocenters. The van der Waals surface area contributed by atoms with E-state index in [9.17, 15) is 4.79 Å². The fraction of sp³-hybridized carbons (Fsp3) is 0.0714. The molecule has 102 valence electrons. The number of benzene rings is 2. The van der Waals surface area contributed by atoms with E-state index in [2.05, 4.69) is 5.32 Å². The molecule has 0 saturated heterocycles. The summed E-state index contributed by atoms with van der Waals surface area (Å²) in [5, 5.41) is 21.5. The van der Waals surface area contributed by atoms with Crippen molar-refractivity contribution < 1.29 is 14.8 Å². The Morgan fingerprint density at radius 2 is 1.85 bits per heavy atom. The lowest BCUT2D eigenvalue weighted by atomic mass is 9.79. The van der Waals surface area contributed by atoms with Gasteiger partial charge >= 0.3 is 7.12 Å². The Morgan fingerprint density at radius 1 is 1.15 bits per heavy atom. The van der Waals surface area contributed by atoms with Crippen molar-refractivity contribution >= 4 is 30.1 Å². The van der Waals surface area contributed by atoms with Crippen LogP contribution < -0.4 is 10.8 Å². The molecule has 6 heteroatoms. The van der Waals surface area contributed by atoms with Crippen molar-refractivity contribution in [2.75, 3.05) is 0 Å². The number of carbonyl (C=O) groups is 1. The van der Waals surface area contributed by atoms with E-state index in [-0.39, 0.29) is 11.4 Å². The van der Waals surface area contributed by atoms with E-state index >= 15 is 0 Å². The Kier molecular flexibility index (Phi) is 4.79. The molecule has 0 aliphatic heterocycles. The predicted octanol–water partition coefficient (Wildman–Crippen LogP) is 0.950. The number of hydrogen-bond donors (Lipinski definition) is 3. The van der Waals surface area contributed by atoms with E-state index in [4.69, 9.17) is 21.6 Å². The van der Waals surface area contributed by atoms with Gasteiger partial charge in [-0.05, 0) is 35.3 Å². The van der Waals surface area contributed by atoms with Gasteiger partial charge in [-0.1, -0.05) is 35.9 Å². The van der Waals surface area contributed by atoms with E-state index in [0.29, 0.717) is 17.1 Å². The van der Waals surface area contributed by atoms with Crippen molar-refractivity contribution in [3.8, 4) is 0 Å². The van der Waals surface area contributed by atoms with Crippen LogP contribution in [0.15, 0.2) is 48.5 Å². The van der Waals surface area contributed by atoms with Gasteiger partial charge in [-0.15, -0.1) is 0 Å². The van der Waals surface area contributed by atoms with Gasteiger partial charge in [-0.2, -0.15) is 0 Å². The first-order chi connectivity index (χ1) is 9.56. The summed E-state index contributed by atoms with van der Waals surface area (Å²) in [6.45, 7) is 0.377. The monoisotopic (exact) mass is 289 g/mol. The maximum Gasteiger partial charge on any atom is 0.488 e. The third-order valence-electron chi connectivity index (χ3n) is 2.81. The van der Waals surface area contributed by atoms with Gasteiger partial charge in [0.15, 0.2) is 0 Å². The zero-order valence-corrected chi connectivity index (χ0v) is 11.3. The molecule has 0 spiro atoms. The molecule has 0 fully saturated rings. The van der Waals surface area contributed by atoms with Crippen LogP contribution in [0.2, 0.25) is 5.02 Å². The van der Waals surface area contributed by atoms with Crippen molar-refractivity contribution in [1.82, 2.24) is 5.32 Å². The molecule has 3 N–H and O–H groups in total. The van der Waals surface area contributed by atoms with Gasteiger partial charge in [-0.3, -0.25) is 4.79 Å². The highest BCUT2D eigenvalue weighted by atomic mass is 35.5. The minimum absolute atomic E-state index is 0.276. The zero-order valence-electron chi connectivity index (χ0n) is 10.6. The van der Waals surface area contributed by atoms with Gasteiger partial charge in [0, 0.05) is 17.1 Å². The number of hydrogen-bond acceptors (Lipinski definition) is 3. The molecular formula is C14H13BClNO3. The Hall–Kier alpha value is -1.82. The van der Waals surface area contributed by atoms with Gasteiger partial charge in [0.25, 0.3) is 5.91 Å². The van der Waals surface area contributed by atoms with Crippen LogP contribution in [0.5, 0.6) is 0 Å². The first-order valence-corrected chi connectivity index (χ1v) is 6.43. The summed E-state index contributed by atoms with van der Waals surface area (Å²) in [5.74, 6) is -0.276. The second-order valence-electron chi connectivity index (χ2n) is 4.31. The average Bonchev–Trinajstić information content (AvgIpc) is 2.46. The third-order valence-corrected chi connectivity index (χ3v) is 3.07. The normalized spacial score (nSPS) is 10.2. The number of nitrogens with one attached hydrogen (secondary N) is 1. The van der Waals surface area contributed by atoms with Gasteiger partial charge in [0.1, 0.15) is 0 Å². The third kappa shape index (κ3) is 3.84. The van der Waals surface area contributed by atoms with Crippen molar-refractivity contribution in [3.05, 3.63) is 64.7 Å². The molecule has 2 aromatic carbocycles. The maximum atomic E-state index is 12.0. The SMILES string of the molecule is O=C(NCc1ccc(Cl)cc1)c1cccc(B(O)O)c1. The Bertz CT molecular complexity index is 602. The molecule has 0 radical (unpaired) electrons. The molecule has 1 amide bonds. The molecule has 20 heavy (non-hydrogen) atoms. The maximum absolute atomic E-state index is 12.0. The second-order valence-corrected chi connectivity index (χ2v) is 4.74. The quantitative estimate of drug-likeness (QED) is 0.734. The largest absolute Gasteiger partial charge is 0.488 e. The molecule has 4 nitrogen and oxygen atoms in total. The molecule has 0 aromatic heterocycles. The molecular weight excluding hydrogens is 276 g/mol. The van der Waals surface area contributed by atoms with Crippen molar-refractivity contribution in [2.24, 2.45) is 0 Å². The Morgan fingerprint density at radius 3 is 2.50 bits per heavy atom. The summed E-state index contributed by atoms with van der Waals surface area (Å²) in [4.78, 5) is 12.0. The van der Waals surface area contributed by atoms with Crippen molar-refractivity contribution in [1.29, 1.82) is 0 Å². The van der Waals surface area contributed by atoms with E-state index in [0.717, 1.165) is 5.56 Å². The van der Waals surface area contributed by atoms with Crippen LogP contribution in [0.25, 0.3) is 0 Å². The van der Waals surface area contributed by atoms with Crippen molar-refractivity contribution in [2.45, 2.75) is 6.54 Å². The van der Waals surface area contributed by atoms with Gasteiger partial charge in [-0.25, -0.2) is 0 Å². The highest BCUT2D eigenvalue weighted by Crippen LogP contribution is 2.09. The lowest BCUT2D eigenvalue weighted by Gasteiger charge is -2.07. The van der Waals surface area contributed by atoms with Crippen LogP contribution in [-0.2, 0) is 6.54 Å². The molecule has 0 atom stereocenters. The number of amides is 1. The van der Waals surface area contributed by atoms with Crippen LogP contribution >= 0.6 is 11.6 Å². The van der Waals surface area contributed by atoms with Crippen LogP contribution in [0.4, 0.5) is 0 Å². The average molecular weight is 290 g/mol. The molecule has 0 aliphatic carbocycles. The predicted molar refractivity (Wildman–Crippen MR) is 78.9 cm³/mol. The smallest absolute Gasteiger partial charge is 0.423 e. The summed E-state index contributed by atoms with van der Waals surface area (Å²) in [5.41, 5.74) is 1.59. The lowest BCUT2D eigenvalue weighted by molar-refractivity contribution is 0.0951. The zero-order chi connectivity index (χ0) is 14.5. The van der Waals surface area contributed by atoms with Crippen LogP contribution in [0.1, 0.15) is 15.9 Å². The van der Waals surface area contributed by atoms with E-state index < -0.39 is 7.12 Å². The lowest BCUT2D eigenvalue weighted by Crippen LogP contribution is -2.31. The van der Waals surface area contributed by atoms with E-state index in [1.807, 2.05) is 12.1 Å². The fourth-order valence-electron chi connectivity index (χ4n) is 1.73. The summed E-state index contributed by atoms with van der Waals surface area (Å²) < 4.78 is 0. The summed E-state index contributed by atoms with van der Waals surface area (Å²) >= 11 is 5.78. The molecule has 0 bridgehead atoms. The first-order valence-electron chi connectivity index (χ1n) is 6.05. The van der Waals surface area contributed by atoms with Gasteiger partial charge in [0.2, 0.25) is 0 Å². The highest BCUT2D eigenvalue weighted by molar-refractivity contribution is 6.58. The minimum Gasteiger partial charge on any atom is -0.423 e. The summed E-state index contributed by atoms with van der Waals surface area (Å²) in [6, 6.07) is 13.4. The summed E-state index contributed by atoms with van der Waals surface area (Å²) in [7, 11) is -1.58. The number of halogens is 1. The van der Waals surface area contributed by atoms with Crippen LogP contribution in [0, 0.1) is 0 Å². The number of carbonyl (C=O) groups excluding carboxylic acids is 1. The molecule has 2 rings (SSSR count). The van der Waals surface area contributed by atoms with Gasteiger partial charge in [0.05, 0.1) is 0 Å².